The van der Waals surface area contributed by atoms with Crippen LogP contribution in [0.5, 0.6) is 0 Å². The van der Waals surface area contributed by atoms with Gasteiger partial charge in [0.05, 0.1) is 19.8 Å². The normalized spacial score (nSPS) is 15.0. The van der Waals surface area contributed by atoms with E-state index in [9.17, 15) is 9.59 Å². The quantitative estimate of drug-likeness (QED) is 0.640. The SMILES string of the molecule is Cc1ccn(CCN2CCOCC2)c(=O)c1C(=O)N(C)Cc1nc(CC(C)C)no1. The summed E-state index contributed by atoms with van der Waals surface area (Å²) in [6, 6.07) is 1.81. The largest absolute Gasteiger partial charge is 0.379 e. The summed E-state index contributed by atoms with van der Waals surface area (Å²) < 4.78 is 12.2. The molecule has 1 saturated heterocycles. The van der Waals surface area contributed by atoms with Gasteiger partial charge in [-0.05, 0) is 24.5 Å². The zero-order valence-electron chi connectivity index (χ0n) is 18.3. The molecule has 1 aliphatic rings. The van der Waals surface area contributed by atoms with Gasteiger partial charge in [0.1, 0.15) is 5.56 Å². The first-order chi connectivity index (χ1) is 14.3. The first-order valence-electron chi connectivity index (χ1n) is 10.4. The highest BCUT2D eigenvalue weighted by Crippen LogP contribution is 2.10. The van der Waals surface area contributed by atoms with Crippen LogP contribution in [0.3, 0.4) is 0 Å². The van der Waals surface area contributed by atoms with Crippen molar-refractivity contribution in [2.24, 2.45) is 5.92 Å². The molecule has 0 radical (unpaired) electrons. The van der Waals surface area contributed by atoms with Gasteiger partial charge in [-0.2, -0.15) is 4.98 Å². The zero-order valence-corrected chi connectivity index (χ0v) is 18.3. The molecule has 1 aliphatic heterocycles. The fourth-order valence-electron chi connectivity index (χ4n) is 3.44. The summed E-state index contributed by atoms with van der Waals surface area (Å²) in [6.07, 6.45) is 2.47. The van der Waals surface area contributed by atoms with E-state index in [0.717, 1.165) is 19.6 Å². The van der Waals surface area contributed by atoms with E-state index < -0.39 is 0 Å². The molecule has 9 heteroatoms. The van der Waals surface area contributed by atoms with Crippen LogP contribution >= 0.6 is 0 Å². The fourth-order valence-corrected chi connectivity index (χ4v) is 3.44. The Morgan fingerprint density at radius 3 is 2.70 bits per heavy atom. The monoisotopic (exact) mass is 417 g/mol. The van der Waals surface area contributed by atoms with Crippen LogP contribution in [0.4, 0.5) is 0 Å². The Labute approximate surface area is 176 Å². The van der Waals surface area contributed by atoms with Crippen molar-refractivity contribution >= 4 is 5.91 Å². The van der Waals surface area contributed by atoms with Crippen molar-refractivity contribution in [2.75, 3.05) is 39.9 Å². The summed E-state index contributed by atoms with van der Waals surface area (Å²) >= 11 is 0. The van der Waals surface area contributed by atoms with Crippen LogP contribution in [-0.2, 0) is 24.2 Å². The molecule has 1 fully saturated rings. The van der Waals surface area contributed by atoms with Crippen LogP contribution in [0.2, 0.25) is 0 Å². The smallest absolute Gasteiger partial charge is 0.263 e. The maximum atomic E-state index is 13.0. The Morgan fingerprint density at radius 2 is 2.00 bits per heavy atom. The Balaban J connectivity index is 1.69. The van der Waals surface area contributed by atoms with Gasteiger partial charge in [-0.25, -0.2) is 0 Å². The van der Waals surface area contributed by atoms with Crippen molar-refractivity contribution in [1.82, 2.24) is 24.5 Å². The molecule has 0 aliphatic carbocycles. The fraction of sp³-hybridized carbons (Fsp3) is 0.619. The molecule has 1 amide bonds. The van der Waals surface area contributed by atoms with Gasteiger partial charge in [-0.15, -0.1) is 0 Å². The predicted octanol–water partition coefficient (Wildman–Crippen LogP) is 1.34. The molecule has 0 unspecified atom stereocenters. The zero-order chi connectivity index (χ0) is 21.7. The minimum atomic E-state index is -0.346. The minimum absolute atomic E-state index is 0.158. The van der Waals surface area contributed by atoms with Crippen LogP contribution in [0.1, 0.15) is 41.5 Å². The lowest BCUT2D eigenvalue weighted by molar-refractivity contribution is 0.0362. The van der Waals surface area contributed by atoms with Gasteiger partial charge in [0, 0.05) is 45.8 Å². The molecule has 0 saturated carbocycles. The molecule has 164 valence electrons. The number of morpholine rings is 1. The highest BCUT2D eigenvalue weighted by Gasteiger charge is 2.22. The molecular weight excluding hydrogens is 386 g/mol. The van der Waals surface area contributed by atoms with Gasteiger partial charge in [0.15, 0.2) is 5.82 Å². The van der Waals surface area contributed by atoms with Crippen molar-refractivity contribution in [1.29, 1.82) is 0 Å². The first kappa shape index (κ1) is 22.2. The number of carbonyl (C=O) groups is 1. The van der Waals surface area contributed by atoms with E-state index in [-0.39, 0.29) is 23.6 Å². The van der Waals surface area contributed by atoms with Crippen LogP contribution in [0.15, 0.2) is 21.6 Å². The topological polar surface area (TPSA) is 93.7 Å². The number of carbonyl (C=O) groups excluding carboxylic acids is 1. The molecule has 3 rings (SSSR count). The Bertz CT molecular complexity index is 914. The van der Waals surface area contributed by atoms with Crippen molar-refractivity contribution in [3.8, 4) is 0 Å². The number of rotatable bonds is 8. The highest BCUT2D eigenvalue weighted by molar-refractivity contribution is 5.95. The van der Waals surface area contributed by atoms with Gasteiger partial charge >= 0.3 is 0 Å². The summed E-state index contributed by atoms with van der Waals surface area (Å²) in [4.78, 5) is 34.1. The maximum absolute atomic E-state index is 13.0. The number of amides is 1. The molecule has 2 aromatic rings. The average molecular weight is 418 g/mol. The van der Waals surface area contributed by atoms with Crippen LogP contribution in [0, 0.1) is 12.8 Å². The lowest BCUT2D eigenvalue weighted by Crippen LogP contribution is -2.40. The van der Waals surface area contributed by atoms with Crippen molar-refractivity contribution in [2.45, 2.75) is 40.3 Å². The molecule has 0 aromatic carbocycles. The second-order valence-corrected chi connectivity index (χ2v) is 8.19. The third-order valence-corrected chi connectivity index (χ3v) is 5.17. The van der Waals surface area contributed by atoms with E-state index in [0.29, 0.717) is 49.4 Å². The number of hydrogen-bond acceptors (Lipinski definition) is 7. The van der Waals surface area contributed by atoms with E-state index in [1.807, 2.05) is 6.07 Å². The predicted molar refractivity (Wildman–Crippen MR) is 111 cm³/mol. The summed E-state index contributed by atoms with van der Waals surface area (Å²) in [5, 5.41) is 3.96. The molecule has 0 bridgehead atoms. The molecule has 9 nitrogen and oxygen atoms in total. The van der Waals surface area contributed by atoms with E-state index in [4.69, 9.17) is 9.26 Å². The van der Waals surface area contributed by atoms with Crippen molar-refractivity contribution in [3.63, 3.8) is 0 Å². The van der Waals surface area contributed by atoms with Gasteiger partial charge in [-0.1, -0.05) is 19.0 Å². The minimum Gasteiger partial charge on any atom is -0.379 e. The number of aromatic nitrogens is 3. The van der Waals surface area contributed by atoms with E-state index >= 15 is 0 Å². The highest BCUT2D eigenvalue weighted by atomic mass is 16.5. The lowest BCUT2D eigenvalue weighted by atomic mass is 10.1. The van der Waals surface area contributed by atoms with Gasteiger partial charge in [0.2, 0.25) is 5.89 Å². The third-order valence-electron chi connectivity index (χ3n) is 5.17. The molecule has 0 atom stereocenters. The maximum Gasteiger partial charge on any atom is 0.263 e. The number of pyridine rings is 1. The van der Waals surface area contributed by atoms with Crippen molar-refractivity contribution < 1.29 is 14.1 Å². The van der Waals surface area contributed by atoms with Crippen LogP contribution in [0.25, 0.3) is 0 Å². The number of ether oxygens (including phenoxy) is 1. The first-order valence-corrected chi connectivity index (χ1v) is 10.4. The van der Waals surface area contributed by atoms with Crippen molar-refractivity contribution in [3.05, 3.63) is 45.5 Å². The number of aryl methyl sites for hydroxylation is 1. The number of hydrogen-bond donors (Lipinski definition) is 0. The van der Waals surface area contributed by atoms with Gasteiger partial charge < -0.3 is 18.7 Å². The summed E-state index contributed by atoms with van der Waals surface area (Å²) in [7, 11) is 1.64. The van der Waals surface area contributed by atoms with E-state index in [1.165, 1.54) is 4.90 Å². The summed E-state index contributed by atoms with van der Waals surface area (Å²) in [5.41, 5.74) is 0.570. The summed E-state index contributed by atoms with van der Waals surface area (Å²) in [5.74, 6) is 1.06. The van der Waals surface area contributed by atoms with Crippen LogP contribution < -0.4 is 5.56 Å². The molecule has 30 heavy (non-hydrogen) atoms. The third kappa shape index (κ3) is 5.54. The lowest BCUT2D eigenvalue weighted by Gasteiger charge is -2.26. The van der Waals surface area contributed by atoms with E-state index in [2.05, 4.69) is 28.9 Å². The van der Waals surface area contributed by atoms with Crippen LogP contribution in [-0.4, -0.2) is 70.3 Å². The molecule has 3 heterocycles. The average Bonchev–Trinajstić information content (AvgIpc) is 3.14. The molecule has 2 aromatic heterocycles. The Kier molecular flexibility index (Phi) is 7.38. The van der Waals surface area contributed by atoms with Gasteiger partial charge in [-0.3, -0.25) is 14.5 Å². The Morgan fingerprint density at radius 1 is 1.27 bits per heavy atom. The molecular formula is C21H31N5O4. The standard InChI is InChI=1S/C21H31N5O4/c1-15(2)13-17-22-18(30-23-17)14-24(4)20(27)19-16(3)5-6-26(21(19)28)8-7-25-9-11-29-12-10-25/h5-6,15H,7-14H2,1-4H3. The molecule has 0 spiro atoms. The van der Waals surface area contributed by atoms with E-state index in [1.54, 1.807) is 24.7 Å². The second kappa shape index (κ2) is 9.99. The van der Waals surface area contributed by atoms with Gasteiger partial charge in [0.25, 0.3) is 11.5 Å². The number of nitrogens with zero attached hydrogens (tertiary/aromatic N) is 5. The molecule has 0 N–H and O–H groups in total. The Hall–Kier alpha value is -2.52. The second-order valence-electron chi connectivity index (χ2n) is 8.19. The summed E-state index contributed by atoms with van der Waals surface area (Å²) in [6.45, 7) is 10.5.